The number of nitrogens with zero attached hydrogens (tertiary/aromatic N) is 1. The minimum Gasteiger partial charge on any atom is -0.310 e. The third-order valence-corrected chi connectivity index (χ3v) is 9.26. The molecule has 0 unspecified atom stereocenters. The Hall–Kier alpha value is -3.92. The molecule has 0 aliphatic carbocycles. The summed E-state index contributed by atoms with van der Waals surface area (Å²) in [6, 6.07) is 50.2. The zero-order valence-corrected chi connectivity index (χ0v) is 21.7. The number of fused-ring (bicyclic) bond motifs is 3. The molecule has 0 saturated heterocycles. The van der Waals surface area contributed by atoms with Crippen LogP contribution in [0.3, 0.4) is 0 Å². The van der Waals surface area contributed by atoms with Crippen LogP contribution in [0, 0.1) is 0 Å². The van der Waals surface area contributed by atoms with Gasteiger partial charge in [-0.15, -0.1) is 0 Å². The van der Waals surface area contributed by atoms with E-state index in [1.807, 2.05) is 23.5 Å². The molecule has 0 spiro atoms. The van der Waals surface area contributed by atoms with E-state index in [9.17, 15) is 0 Å². The molecule has 0 amide bonds. The summed E-state index contributed by atoms with van der Waals surface area (Å²) in [6.45, 7) is 0. The van der Waals surface area contributed by atoms with Crippen molar-refractivity contribution in [1.82, 2.24) is 0 Å². The molecule has 1 aliphatic rings. The normalized spacial score (nSPS) is 12.1. The highest BCUT2D eigenvalue weighted by Gasteiger charge is 2.18. The lowest BCUT2D eigenvalue weighted by atomic mass is 10.0. The fourth-order valence-corrected chi connectivity index (χ4v) is 7.17. The van der Waals surface area contributed by atoms with Crippen molar-refractivity contribution in [1.29, 1.82) is 0 Å². The van der Waals surface area contributed by atoms with Crippen LogP contribution in [0.5, 0.6) is 0 Å². The van der Waals surface area contributed by atoms with Gasteiger partial charge in [-0.1, -0.05) is 108 Å². The molecule has 0 saturated carbocycles. The van der Waals surface area contributed by atoms with Crippen molar-refractivity contribution in [3.05, 3.63) is 140 Å². The van der Waals surface area contributed by atoms with E-state index in [2.05, 4.69) is 144 Å². The molecule has 3 heteroatoms. The van der Waals surface area contributed by atoms with Gasteiger partial charge in [-0.05, 0) is 71.1 Å². The van der Waals surface area contributed by atoms with Crippen molar-refractivity contribution in [2.45, 2.75) is 19.6 Å². The Morgan fingerprint density at radius 2 is 1.00 bits per heavy atom. The van der Waals surface area contributed by atoms with E-state index in [4.69, 9.17) is 0 Å². The molecule has 0 atom stereocenters. The second kappa shape index (κ2) is 9.51. The molecule has 0 radical (unpaired) electrons. The Balaban J connectivity index is 1.27. The minimum absolute atomic E-state index is 1.14. The summed E-state index contributed by atoms with van der Waals surface area (Å²) in [7, 11) is 0. The highest BCUT2D eigenvalue weighted by molar-refractivity contribution is 8.05. The SMILES string of the molecule is c1ccc(N(c2ccc(-c3ccc4c(c3)Sc3ccccc3S4)cc2)c2cccc3ccccc23)cc1. The van der Waals surface area contributed by atoms with Gasteiger partial charge >= 0.3 is 0 Å². The first-order chi connectivity index (χ1) is 18.3. The van der Waals surface area contributed by atoms with Crippen LogP contribution in [0.25, 0.3) is 21.9 Å². The predicted molar refractivity (Wildman–Crippen MR) is 159 cm³/mol. The third-order valence-electron chi connectivity index (χ3n) is 6.71. The topological polar surface area (TPSA) is 3.24 Å². The molecule has 6 aromatic rings. The van der Waals surface area contributed by atoms with Gasteiger partial charge < -0.3 is 4.90 Å². The number of para-hydroxylation sites is 1. The van der Waals surface area contributed by atoms with Crippen LogP contribution in [0.2, 0.25) is 0 Å². The van der Waals surface area contributed by atoms with E-state index in [1.54, 1.807) is 0 Å². The van der Waals surface area contributed by atoms with E-state index in [0.29, 0.717) is 0 Å². The zero-order valence-electron chi connectivity index (χ0n) is 20.0. The Kier molecular flexibility index (Phi) is 5.73. The van der Waals surface area contributed by atoms with Crippen LogP contribution in [0.4, 0.5) is 17.1 Å². The predicted octanol–water partition coefficient (Wildman–Crippen LogP) is 10.6. The molecule has 176 valence electrons. The van der Waals surface area contributed by atoms with E-state index in [0.717, 1.165) is 11.4 Å². The largest absolute Gasteiger partial charge is 0.310 e. The number of anilines is 3. The molecule has 6 aromatic carbocycles. The van der Waals surface area contributed by atoms with Gasteiger partial charge in [0, 0.05) is 36.3 Å². The van der Waals surface area contributed by atoms with Crippen molar-refractivity contribution in [2.75, 3.05) is 4.90 Å². The van der Waals surface area contributed by atoms with Crippen LogP contribution in [-0.4, -0.2) is 0 Å². The Labute approximate surface area is 225 Å². The van der Waals surface area contributed by atoms with Crippen LogP contribution in [0.1, 0.15) is 0 Å². The maximum atomic E-state index is 2.35. The molecular weight excluding hydrogens is 487 g/mol. The summed E-state index contributed by atoms with van der Waals surface area (Å²) in [5.74, 6) is 0. The van der Waals surface area contributed by atoms with Gasteiger partial charge in [-0.25, -0.2) is 0 Å². The van der Waals surface area contributed by atoms with Crippen molar-refractivity contribution >= 4 is 51.4 Å². The zero-order chi connectivity index (χ0) is 24.6. The van der Waals surface area contributed by atoms with Gasteiger partial charge in [0.05, 0.1) is 5.69 Å². The van der Waals surface area contributed by atoms with Crippen molar-refractivity contribution < 1.29 is 0 Å². The Morgan fingerprint density at radius 3 is 1.81 bits per heavy atom. The quantitative estimate of drug-likeness (QED) is 0.232. The monoisotopic (exact) mass is 509 g/mol. The highest BCUT2D eigenvalue weighted by Crippen LogP contribution is 2.49. The van der Waals surface area contributed by atoms with E-state index in [1.165, 1.54) is 47.2 Å². The molecular formula is C34H23NS2. The first-order valence-electron chi connectivity index (χ1n) is 12.4. The van der Waals surface area contributed by atoms with Crippen LogP contribution in [0.15, 0.2) is 159 Å². The van der Waals surface area contributed by atoms with Crippen molar-refractivity contribution in [3.8, 4) is 11.1 Å². The van der Waals surface area contributed by atoms with Gasteiger partial charge in [0.1, 0.15) is 0 Å². The second-order valence-electron chi connectivity index (χ2n) is 9.03. The molecule has 7 rings (SSSR count). The summed E-state index contributed by atoms with van der Waals surface area (Å²) in [6.07, 6.45) is 0. The Morgan fingerprint density at radius 1 is 0.405 bits per heavy atom. The average Bonchev–Trinajstić information content (AvgIpc) is 2.97. The molecule has 0 aromatic heterocycles. The van der Waals surface area contributed by atoms with Crippen LogP contribution in [-0.2, 0) is 0 Å². The van der Waals surface area contributed by atoms with Gasteiger partial charge in [0.2, 0.25) is 0 Å². The number of benzene rings is 6. The van der Waals surface area contributed by atoms with Crippen molar-refractivity contribution in [3.63, 3.8) is 0 Å². The van der Waals surface area contributed by atoms with E-state index < -0.39 is 0 Å². The minimum atomic E-state index is 1.14. The molecule has 37 heavy (non-hydrogen) atoms. The summed E-state index contributed by atoms with van der Waals surface area (Å²) in [5, 5.41) is 2.48. The van der Waals surface area contributed by atoms with Crippen molar-refractivity contribution in [2.24, 2.45) is 0 Å². The maximum Gasteiger partial charge on any atom is 0.0540 e. The van der Waals surface area contributed by atoms with E-state index in [-0.39, 0.29) is 0 Å². The lowest BCUT2D eigenvalue weighted by Crippen LogP contribution is -2.10. The maximum absolute atomic E-state index is 2.35. The van der Waals surface area contributed by atoms with Gasteiger partial charge in [0.25, 0.3) is 0 Å². The average molecular weight is 510 g/mol. The highest BCUT2D eigenvalue weighted by atomic mass is 32.2. The fraction of sp³-hybridized carbons (Fsp3) is 0. The summed E-state index contributed by atoms with van der Waals surface area (Å²) >= 11 is 3.73. The summed E-state index contributed by atoms with van der Waals surface area (Å²) in [5.41, 5.74) is 5.93. The molecule has 1 heterocycles. The molecule has 1 aliphatic heterocycles. The number of hydrogen-bond acceptors (Lipinski definition) is 3. The lowest BCUT2D eigenvalue weighted by molar-refractivity contribution is 1.16. The molecule has 0 N–H and O–H groups in total. The smallest absolute Gasteiger partial charge is 0.0540 e. The lowest BCUT2D eigenvalue weighted by Gasteiger charge is -2.27. The Bertz CT molecular complexity index is 1720. The molecule has 0 fully saturated rings. The van der Waals surface area contributed by atoms with Gasteiger partial charge in [-0.3, -0.25) is 0 Å². The second-order valence-corrected chi connectivity index (χ2v) is 11.2. The molecule has 0 bridgehead atoms. The third kappa shape index (κ3) is 4.21. The number of rotatable bonds is 4. The van der Waals surface area contributed by atoms with Gasteiger partial charge in [0.15, 0.2) is 0 Å². The standard InChI is InChI=1S/C34H23NS2/c1-2-11-27(12-3-1)35(30-14-8-10-25-9-4-5-13-29(25)30)28-20-17-24(18-21-28)26-19-22-33-34(23-26)37-32-16-7-6-15-31(32)36-33/h1-23H. The first-order valence-corrected chi connectivity index (χ1v) is 14.0. The summed E-state index contributed by atoms with van der Waals surface area (Å²) < 4.78 is 0. The summed E-state index contributed by atoms with van der Waals surface area (Å²) in [4.78, 5) is 7.68. The first kappa shape index (κ1) is 22.3. The van der Waals surface area contributed by atoms with Crippen LogP contribution >= 0.6 is 23.5 Å². The molecule has 1 nitrogen and oxygen atoms in total. The van der Waals surface area contributed by atoms with E-state index >= 15 is 0 Å². The number of hydrogen-bond donors (Lipinski definition) is 0. The fourth-order valence-electron chi connectivity index (χ4n) is 4.92. The van der Waals surface area contributed by atoms with Crippen LogP contribution < -0.4 is 4.90 Å². The van der Waals surface area contributed by atoms with Gasteiger partial charge in [-0.2, -0.15) is 0 Å².